The largest absolute Gasteiger partial charge is 0.383 e. The van der Waals surface area contributed by atoms with Crippen LogP contribution in [0.1, 0.15) is 35.5 Å². The molecule has 0 fully saturated rings. The third-order valence-corrected chi connectivity index (χ3v) is 7.09. The zero-order chi connectivity index (χ0) is 24.4. The van der Waals surface area contributed by atoms with E-state index in [0.29, 0.717) is 24.7 Å². The monoisotopic (exact) mass is 507 g/mol. The van der Waals surface area contributed by atoms with E-state index in [2.05, 4.69) is 63.0 Å². The lowest BCUT2D eigenvalue weighted by Crippen LogP contribution is -2.27. The van der Waals surface area contributed by atoms with Crippen LogP contribution in [0.2, 0.25) is 5.02 Å². The molecule has 0 spiro atoms. The van der Waals surface area contributed by atoms with Gasteiger partial charge in [-0.2, -0.15) is 5.10 Å². The number of nitrogens with zero attached hydrogens (tertiary/aromatic N) is 3. The van der Waals surface area contributed by atoms with Gasteiger partial charge in [0.1, 0.15) is 16.3 Å². The number of hydrogen-bond donors (Lipinski definition) is 2. The second-order valence-electron chi connectivity index (χ2n) is 8.94. The Morgan fingerprint density at radius 1 is 1.11 bits per heavy atom. The quantitative estimate of drug-likeness (QED) is 0.239. The van der Waals surface area contributed by atoms with Gasteiger partial charge in [-0.1, -0.05) is 53.6 Å². The number of thiocarbonyl (C=S) groups is 1. The van der Waals surface area contributed by atoms with E-state index in [1.165, 1.54) is 11.1 Å². The normalized spacial score (nSPS) is 13.1. The first-order valence-electron chi connectivity index (χ1n) is 12.0. The number of aryl methyl sites for hydroxylation is 3. The lowest BCUT2D eigenvalue weighted by atomic mass is 9.98. The molecule has 0 saturated heterocycles. The highest BCUT2D eigenvalue weighted by Crippen LogP contribution is 2.37. The Bertz CT molecular complexity index is 1340. The van der Waals surface area contributed by atoms with Crippen LogP contribution >= 0.6 is 23.8 Å². The van der Waals surface area contributed by atoms with Crippen LogP contribution < -0.4 is 10.6 Å². The van der Waals surface area contributed by atoms with E-state index in [9.17, 15) is 0 Å². The Kier molecular flexibility index (Phi) is 7.09. The molecular weight excluding hydrogens is 478 g/mol. The van der Waals surface area contributed by atoms with E-state index in [1.807, 2.05) is 12.1 Å². The van der Waals surface area contributed by atoms with Crippen molar-refractivity contribution in [1.82, 2.24) is 19.5 Å². The fourth-order valence-corrected chi connectivity index (χ4v) is 5.19. The molecule has 2 N–H and O–H groups in total. The second-order valence-corrected chi connectivity index (χ2v) is 9.78. The first-order chi connectivity index (χ1) is 17.1. The van der Waals surface area contributed by atoms with Crippen LogP contribution in [-0.4, -0.2) is 39.4 Å². The van der Waals surface area contributed by atoms with Crippen molar-refractivity contribution in [2.75, 3.05) is 25.6 Å². The Balaban J connectivity index is 1.61. The third-order valence-electron chi connectivity index (χ3n) is 6.50. The van der Waals surface area contributed by atoms with Crippen LogP contribution in [0.25, 0.3) is 16.8 Å². The highest BCUT2D eigenvalue weighted by Gasteiger charge is 2.28. The van der Waals surface area contributed by atoms with E-state index < -0.39 is 0 Å². The number of halogens is 1. The lowest BCUT2D eigenvalue weighted by Gasteiger charge is -2.12. The van der Waals surface area contributed by atoms with Crippen molar-refractivity contribution in [3.05, 3.63) is 76.2 Å². The maximum atomic E-state index is 6.21. The van der Waals surface area contributed by atoms with Crippen LogP contribution in [0.15, 0.2) is 48.5 Å². The fraction of sp³-hybridized carbons (Fsp3) is 0.333. The second kappa shape index (κ2) is 10.4. The summed E-state index contributed by atoms with van der Waals surface area (Å²) in [6, 6.07) is 16.5. The molecule has 0 unspecified atom stereocenters. The molecule has 35 heavy (non-hydrogen) atoms. The number of nitrogens with one attached hydrogen (secondary N) is 2. The molecule has 1 aliphatic heterocycles. The summed E-state index contributed by atoms with van der Waals surface area (Å²) in [6.45, 7) is 4.90. The summed E-state index contributed by atoms with van der Waals surface area (Å²) in [5.74, 6) is 1.01. The molecule has 0 amide bonds. The summed E-state index contributed by atoms with van der Waals surface area (Å²) in [5.41, 5.74) is 7.95. The van der Waals surface area contributed by atoms with Crippen LogP contribution in [0.5, 0.6) is 0 Å². The molecule has 4 aromatic rings. The number of benzene rings is 2. The van der Waals surface area contributed by atoms with Gasteiger partial charge in [0.15, 0.2) is 5.82 Å². The highest BCUT2D eigenvalue weighted by molar-refractivity contribution is 7.80. The maximum Gasteiger partial charge on any atom is 0.150 e. The van der Waals surface area contributed by atoms with Gasteiger partial charge in [0.25, 0.3) is 0 Å². The van der Waals surface area contributed by atoms with E-state index in [4.69, 9.17) is 33.7 Å². The molecule has 0 bridgehead atoms. The lowest BCUT2D eigenvalue weighted by molar-refractivity contribution is 0.204. The summed E-state index contributed by atoms with van der Waals surface area (Å²) in [6.07, 6.45) is 3.22. The van der Waals surface area contributed by atoms with Gasteiger partial charge in [-0.15, -0.1) is 0 Å². The van der Waals surface area contributed by atoms with Gasteiger partial charge < -0.3 is 19.9 Å². The number of ether oxygens (including phenoxy) is 1. The van der Waals surface area contributed by atoms with Gasteiger partial charge in [-0.25, -0.2) is 4.52 Å². The number of rotatable bonds is 8. The zero-order valence-electron chi connectivity index (χ0n) is 20.1. The van der Waals surface area contributed by atoms with Crippen molar-refractivity contribution in [3.8, 4) is 11.1 Å². The average molecular weight is 508 g/mol. The SMILES string of the molecule is COCCNC(=S)c1c(-c2ccc(Cl)cc2)c2c3n(c(CNc4ccc(C)cc4)nn13)CCCC2. The van der Waals surface area contributed by atoms with E-state index in [1.54, 1.807) is 7.11 Å². The van der Waals surface area contributed by atoms with E-state index >= 15 is 0 Å². The van der Waals surface area contributed by atoms with Crippen molar-refractivity contribution < 1.29 is 4.74 Å². The van der Waals surface area contributed by atoms with Crippen molar-refractivity contribution >= 4 is 40.1 Å². The summed E-state index contributed by atoms with van der Waals surface area (Å²) < 4.78 is 9.65. The molecule has 3 heterocycles. The molecule has 182 valence electrons. The van der Waals surface area contributed by atoms with Crippen LogP contribution in [0, 0.1) is 6.92 Å². The van der Waals surface area contributed by atoms with Gasteiger partial charge >= 0.3 is 0 Å². The zero-order valence-corrected chi connectivity index (χ0v) is 21.7. The number of methoxy groups -OCH3 is 1. The Morgan fingerprint density at radius 2 is 1.89 bits per heavy atom. The summed E-state index contributed by atoms with van der Waals surface area (Å²) in [4.78, 5) is 0.677. The van der Waals surface area contributed by atoms with Gasteiger partial charge in [-0.3, -0.25) is 0 Å². The Hall–Kier alpha value is -2.87. The standard InChI is InChI=1S/C27H30ClN5OS/c1-18-6-12-21(13-7-18)30-17-23-31-33-25(26(35)29-14-16-34-2)24(19-8-10-20(28)11-9-19)22-5-3-4-15-32(23)27(22)33/h6-13,30H,3-5,14-17H2,1-2H3,(H,29,35). The predicted octanol–water partition coefficient (Wildman–Crippen LogP) is 5.62. The van der Waals surface area contributed by atoms with Gasteiger partial charge in [-0.05, 0) is 56.0 Å². The molecule has 5 rings (SSSR count). The predicted molar refractivity (Wildman–Crippen MR) is 147 cm³/mol. The molecule has 0 radical (unpaired) electrons. The summed E-state index contributed by atoms with van der Waals surface area (Å²) in [5, 5.41) is 12.7. The van der Waals surface area contributed by atoms with Gasteiger partial charge in [0.05, 0.1) is 13.2 Å². The third kappa shape index (κ3) is 4.81. The minimum atomic E-state index is 0.581. The maximum absolute atomic E-state index is 6.21. The van der Waals surface area contributed by atoms with Gasteiger partial charge in [0.2, 0.25) is 0 Å². The smallest absolute Gasteiger partial charge is 0.150 e. The molecule has 0 atom stereocenters. The highest BCUT2D eigenvalue weighted by atomic mass is 35.5. The van der Waals surface area contributed by atoms with E-state index in [0.717, 1.165) is 64.8 Å². The molecule has 0 saturated carbocycles. The first-order valence-corrected chi connectivity index (χ1v) is 12.8. The molecule has 1 aliphatic rings. The van der Waals surface area contributed by atoms with Crippen molar-refractivity contribution in [2.45, 2.75) is 39.3 Å². The Labute approximate surface area is 216 Å². The minimum Gasteiger partial charge on any atom is -0.383 e. The van der Waals surface area contributed by atoms with Crippen molar-refractivity contribution in [3.63, 3.8) is 0 Å². The molecule has 6 nitrogen and oxygen atoms in total. The minimum absolute atomic E-state index is 0.581. The van der Waals surface area contributed by atoms with Crippen LogP contribution in [-0.2, 0) is 24.2 Å². The van der Waals surface area contributed by atoms with Crippen LogP contribution in [0.4, 0.5) is 5.69 Å². The summed E-state index contributed by atoms with van der Waals surface area (Å²) >= 11 is 12.1. The number of hydrogen-bond acceptors (Lipinski definition) is 4. The van der Waals surface area contributed by atoms with Crippen LogP contribution in [0.3, 0.4) is 0 Å². The number of aromatic nitrogens is 3. The molecular formula is C27H30ClN5OS. The first kappa shape index (κ1) is 23.9. The molecule has 2 aromatic carbocycles. The molecule has 8 heteroatoms. The Morgan fingerprint density at radius 3 is 2.63 bits per heavy atom. The fourth-order valence-electron chi connectivity index (χ4n) is 4.77. The molecule has 2 aromatic heterocycles. The summed E-state index contributed by atoms with van der Waals surface area (Å²) in [7, 11) is 1.69. The topological polar surface area (TPSA) is 55.5 Å². The molecule has 0 aliphatic carbocycles. The van der Waals surface area contributed by atoms with Crippen molar-refractivity contribution in [2.24, 2.45) is 0 Å². The average Bonchev–Trinajstić information content (AvgIpc) is 3.26. The van der Waals surface area contributed by atoms with E-state index in [-0.39, 0.29) is 0 Å². The number of anilines is 1. The van der Waals surface area contributed by atoms with Crippen molar-refractivity contribution in [1.29, 1.82) is 0 Å². The van der Waals surface area contributed by atoms with Gasteiger partial charge in [0, 0.05) is 42.0 Å².